The van der Waals surface area contributed by atoms with Gasteiger partial charge >= 0.3 is 6.18 Å². The average Bonchev–Trinajstić information content (AvgIpc) is 2.53. The number of amides is 1. The summed E-state index contributed by atoms with van der Waals surface area (Å²) in [5.41, 5.74) is 0.306. The zero-order valence-corrected chi connectivity index (χ0v) is 13.2. The second-order valence-corrected chi connectivity index (χ2v) is 5.40. The first-order valence-corrected chi connectivity index (χ1v) is 7.39. The molecule has 1 amide bonds. The molecule has 0 aromatic heterocycles. The maximum absolute atomic E-state index is 12.6. The van der Waals surface area contributed by atoms with Crippen LogP contribution in [-0.2, 0) is 17.4 Å². The molecule has 0 aliphatic carbocycles. The third-order valence-corrected chi connectivity index (χ3v) is 3.33. The van der Waals surface area contributed by atoms with Crippen molar-refractivity contribution in [2.24, 2.45) is 0 Å². The van der Waals surface area contributed by atoms with Crippen molar-refractivity contribution < 1.29 is 18.0 Å². The molecule has 24 heavy (non-hydrogen) atoms. The number of halogens is 4. The van der Waals surface area contributed by atoms with Crippen LogP contribution in [0, 0.1) is 11.8 Å². The van der Waals surface area contributed by atoms with Gasteiger partial charge in [0.1, 0.15) is 0 Å². The van der Waals surface area contributed by atoms with Gasteiger partial charge in [-0.05, 0) is 35.9 Å². The molecule has 2 nitrogen and oxygen atoms in total. The summed E-state index contributed by atoms with van der Waals surface area (Å²) >= 11 is 5.76. The molecule has 0 unspecified atom stereocenters. The zero-order chi connectivity index (χ0) is 17.6. The van der Waals surface area contributed by atoms with Gasteiger partial charge in [0.05, 0.1) is 18.5 Å². The third kappa shape index (κ3) is 5.64. The second kappa shape index (κ2) is 7.89. The van der Waals surface area contributed by atoms with Crippen LogP contribution < -0.4 is 5.32 Å². The van der Waals surface area contributed by atoms with Crippen molar-refractivity contribution >= 4 is 17.5 Å². The standard InChI is InChI=1S/C18H13ClF3NO/c19-16-8-6-14(7-9-16)12-17(24)23-10-2-4-13-3-1-5-15(11-13)18(20,21)22/h1,3,5-9,11H,10,12H2,(H,23,24). The van der Waals surface area contributed by atoms with Gasteiger partial charge in [0.25, 0.3) is 0 Å². The Balaban J connectivity index is 1.87. The molecule has 0 heterocycles. The van der Waals surface area contributed by atoms with Crippen molar-refractivity contribution in [1.82, 2.24) is 5.32 Å². The van der Waals surface area contributed by atoms with E-state index in [0.29, 0.717) is 5.02 Å². The molecule has 0 saturated heterocycles. The summed E-state index contributed by atoms with van der Waals surface area (Å²) in [7, 11) is 0. The lowest BCUT2D eigenvalue weighted by molar-refractivity contribution is -0.137. The Labute approximate surface area is 142 Å². The molecule has 0 atom stereocenters. The Bertz CT molecular complexity index is 773. The molecule has 0 aliphatic heterocycles. The van der Waals surface area contributed by atoms with E-state index < -0.39 is 11.7 Å². The fraction of sp³-hybridized carbons (Fsp3) is 0.167. The van der Waals surface area contributed by atoms with Gasteiger partial charge in [0.15, 0.2) is 0 Å². The van der Waals surface area contributed by atoms with Crippen LogP contribution in [0.25, 0.3) is 0 Å². The maximum Gasteiger partial charge on any atom is 0.416 e. The van der Waals surface area contributed by atoms with Crippen molar-refractivity contribution in [2.75, 3.05) is 6.54 Å². The Morgan fingerprint density at radius 1 is 1.12 bits per heavy atom. The molecule has 0 aliphatic rings. The topological polar surface area (TPSA) is 29.1 Å². The van der Waals surface area contributed by atoms with E-state index >= 15 is 0 Å². The predicted octanol–water partition coefficient (Wildman–Crippen LogP) is 4.07. The van der Waals surface area contributed by atoms with Crippen LogP contribution in [-0.4, -0.2) is 12.5 Å². The normalized spacial score (nSPS) is 10.7. The fourth-order valence-corrected chi connectivity index (χ4v) is 2.04. The monoisotopic (exact) mass is 351 g/mol. The first-order chi connectivity index (χ1) is 11.3. The van der Waals surface area contributed by atoms with E-state index in [4.69, 9.17) is 11.6 Å². The molecule has 0 spiro atoms. The van der Waals surface area contributed by atoms with Crippen LogP contribution >= 0.6 is 11.6 Å². The molecule has 1 N–H and O–H groups in total. The molecular weight excluding hydrogens is 339 g/mol. The van der Waals surface area contributed by atoms with Crippen LogP contribution in [0.1, 0.15) is 16.7 Å². The highest BCUT2D eigenvalue weighted by atomic mass is 35.5. The van der Waals surface area contributed by atoms with Gasteiger partial charge < -0.3 is 5.32 Å². The Kier molecular flexibility index (Phi) is 5.88. The fourth-order valence-electron chi connectivity index (χ4n) is 1.91. The zero-order valence-electron chi connectivity index (χ0n) is 12.5. The average molecular weight is 352 g/mol. The summed E-state index contributed by atoms with van der Waals surface area (Å²) in [6.07, 6.45) is -4.22. The van der Waals surface area contributed by atoms with Crippen molar-refractivity contribution in [2.45, 2.75) is 12.6 Å². The minimum atomic E-state index is -4.40. The van der Waals surface area contributed by atoms with Crippen molar-refractivity contribution in [3.05, 3.63) is 70.2 Å². The number of hydrogen-bond donors (Lipinski definition) is 1. The number of nitrogens with one attached hydrogen (secondary N) is 1. The van der Waals surface area contributed by atoms with E-state index in [1.807, 2.05) is 0 Å². The highest BCUT2D eigenvalue weighted by Crippen LogP contribution is 2.29. The molecule has 0 bridgehead atoms. The lowest BCUT2D eigenvalue weighted by Crippen LogP contribution is -2.25. The van der Waals surface area contributed by atoms with E-state index in [9.17, 15) is 18.0 Å². The molecule has 2 aromatic rings. The van der Waals surface area contributed by atoms with Gasteiger partial charge in [0.2, 0.25) is 5.91 Å². The number of benzene rings is 2. The van der Waals surface area contributed by atoms with Gasteiger partial charge in [0, 0.05) is 10.6 Å². The molecular formula is C18H13ClF3NO. The van der Waals surface area contributed by atoms with Crippen LogP contribution in [0.5, 0.6) is 0 Å². The van der Waals surface area contributed by atoms with E-state index in [1.165, 1.54) is 12.1 Å². The first kappa shape index (κ1) is 17.9. The molecule has 0 radical (unpaired) electrons. The number of rotatable bonds is 3. The molecule has 0 fully saturated rings. The Hall–Kier alpha value is -2.45. The number of hydrogen-bond acceptors (Lipinski definition) is 1. The van der Waals surface area contributed by atoms with Crippen molar-refractivity contribution in [1.29, 1.82) is 0 Å². The number of carbonyl (C=O) groups is 1. The molecule has 2 aromatic carbocycles. The first-order valence-electron chi connectivity index (χ1n) is 7.02. The van der Waals surface area contributed by atoms with Crippen LogP contribution in [0.4, 0.5) is 13.2 Å². The lowest BCUT2D eigenvalue weighted by Gasteiger charge is -2.05. The quantitative estimate of drug-likeness (QED) is 0.830. The summed E-state index contributed by atoms with van der Waals surface area (Å²) in [6, 6.07) is 11.6. The number of carbonyl (C=O) groups excluding carboxylic acids is 1. The summed E-state index contributed by atoms with van der Waals surface area (Å²) in [5, 5.41) is 3.18. The highest BCUT2D eigenvalue weighted by molar-refractivity contribution is 6.30. The van der Waals surface area contributed by atoms with Gasteiger partial charge in [-0.3, -0.25) is 4.79 Å². The predicted molar refractivity (Wildman–Crippen MR) is 86.5 cm³/mol. The minimum Gasteiger partial charge on any atom is -0.345 e. The van der Waals surface area contributed by atoms with E-state index in [2.05, 4.69) is 17.2 Å². The molecule has 2 rings (SSSR count). The summed E-state index contributed by atoms with van der Waals surface area (Å²) in [6.45, 7) is 0.0582. The summed E-state index contributed by atoms with van der Waals surface area (Å²) in [4.78, 5) is 11.7. The number of alkyl halides is 3. The van der Waals surface area contributed by atoms with Gasteiger partial charge in [-0.15, -0.1) is 0 Å². The van der Waals surface area contributed by atoms with Crippen molar-refractivity contribution in [3.8, 4) is 11.8 Å². The largest absolute Gasteiger partial charge is 0.416 e. The summed E-state index contributed by atoms with van der Waals surface area (Å²) in [5.74, 6) is 5.01. The second-order valence-electron chi connectivity index (χ2n) is 4.96. The molecule has 0 saturated carbocycles. The Morgan fingerprint density at radius 2 is 1.83 bits per heavy atom. The summed E-state index contributed by atoms with van der Waals surface area (Å²) < 4.78 is 37.7. The molecule has 124 valence electrons. The van der Waals surface area contributed by atoms with Crippen molar-refractivity contribution in [3.63, 3.8) is 0 Å². The van der Waals surface area contributed by atoms with Crippen LogP contribution in [0.3, 0.4) is 0 Å². The van der Waals surface area contributed by atoms with E-state index in [1.54, 1.807) is 24.3 Å². The van der Waals surface area contributed by atoms with E-state index in [0.717, 1.165) is 17.7 Å². The Morgan fingerprint density at radius 3 is 2.50 bits per heavy atom. The van der Waals surface area contributed by atoms with Gasteiger partial charge in [-0.25, -0.2) is 0 Å². The minimum absolute atomic E-state index is 0.0582. The molecule has 6 heteroatoms. The van der Waals surface area contributed by atoms with Gasteiger partial charge in [-0.2, -0.15) is 13.2 Å². The van der Waals surface area contributed by atoms with Crippen LogP contribution in [0.15, 0.2) is 48.5 Å². The SMILES string of the molecule is O=C(Cc1ccc(Cl)cc1)NCC#Cc1cccc(C(F)(F)F)c1. The van der Waals surface area contributed by atoms with Crippen LogP contribution in [0.2, 0.25) is 5.02 Å². The van der Waals surface area contributed by atoms with Gasteiger partial charge in [-0.1, -0.05) is 41.6 Å². The smallest absolute Gasteiger partial charge is 0.345 e. The van der Waals surface area contributed by atoms with E-state index in [-0.39, 0.29) is 24.4 Å². The lowest BCUT2D eigenvalue weighted by atomic mass is 10.1. The highest BCUT2D eigenvalue weighted by Gasteiger charge is 2.30. The third-order valence-electron chi connectivity index (χ3n) is 3.07. The maximum atomic E-state index is 12.6.